The molecule has 0 aliphatic carbocycles. The summed E-state index contributed by atoms with van der Waals surface area (Å²) in [6, 6.07) is 6.05. The first kappa shape index (κ1) is 35.5. The van der Waals surface area contributed by atoms with Crippen molar-refractivity contribution in [3.63, 3.8) is 0 Å². The van der Waals surface area contributed by atoms with Crippen LogP contribution in [0.5, 0.6) is 11.6 Å². The predicted octanol–water partition coefficient (Wildman–Crippen LogP) is 8.95. The summed E-state index contributed by atoms with van der Waals surface area (Å²) in [5.41, 5.74) is 4.77. The number of alkyl halides is 1. The highest BCUT2D eigenvalue weighted by Gasteiger charge is 2.49. The summed E-state index contributed by atoms with van der Waals surface area (Å²) in [6.07, 6.45) is 3.72. The Bertz CT molecular complexity index is 2040. The van der Waals surface area contributed by atoms with Crippen LogP contribution in [0.4, 0.5) is 19.0 Å². The number of phenolic OH excluding ortho intramolecular Hbond substituents is 1. The van der Waals surface area contributed by atoms with E-state index in [9.17, 15) is 9.50 Å². The van der Waals surface area contributed by atoms with Crippen molar-refractivity contribution in [1.29, 1.82) is 0 Å². The molecule has 0 amide bonds. The second kappa shape index (κ2) is 13.3. The zero-order valence-corrected chi connectivity index (χ0v) is 31.7. The van der Waals surface area contributed by atoms with Crippen LogP contribution in [0.3, 0.4) is 0 Å². The Morgan fingerprint density at radius 1 is 1.04 bits per heavy atom. The standard InChI is InChI=1S/C40H48F3N5O2Si/c1-23(2)51(24(3)4,25(5)6)16-12-30-32(42)10-9-27-17-29(49)18-31(34(27)30)36-35(43)37-38(39(46-36)48-15-11-26(48)7)44-20-33(45-37)50-22-40-13-8-14-47(40)21-28(41)19-40/h9-10,17-18,20,23-26,28,49H,8,11,13-15,19,21-22H2,1-7H3/t26-,28+,40-/m0/s1. The summed E-state index contributed by atoms with van der Waals surface area (Å²) >= 11 is 0. The second-order valence-corrected chi connectivity index (χ2v) is 21.4. The molecule has 0 radical (unpaired) electrons. The third-order valence-electron chi connectivity index (χ3n) is 12.0. The molecule has 3 aliphatic rings. The first-order valence-corrected chi connectivity index (χ1v) is 20.6. The summed E-state index contributed by atoms with van der Waals surface area (Å²) in [4.78, 5) is 18.4. The number of hydrogen-bond donors (Lipinski definition) is 1. The summed E-state index contributed by atoms with van der Waals surface area (Å²) in [5, 5.41) is 11.8. The van der Waals surface area contributed by atoms with Gasteiger partial charge in [0, 0.05) is 36.5 Å². The molecule has 11 heteroatoms. The molecule has 7 nitrogen and oxygen atoms in total. The van der Waals surface area contributed by atoms with Gasteiger partial charge in [-0.1, -0.05) is 53.5 Å². The number of rotatable bonds is 8. The van der Waals surface area contributed by atoms with Crippen LogP contribution in [-0.4, -0.2) is 77.0 Å². The third kappa shape index (κ3) is 5.92. The van der Waals surface area contributed by atoms with Gasteiger partial charge in [0.2, 0.25) is 5.88 Å². The summed E-state index contributed by atoms with van der Waals surface area (Å²) in [5.74, 6) is 2.51. The Kier molecular flexibility index (Phi) is 9.24. The van der Waals surface area contributed by atoms with Crippen LogP contribution in [0.25, 0.3) is 33.1 Å². The van der Waals surface area contributed by atoms with Crippen molar-refractivity contribution < 1.29 is 23.0 Å². The summed E-state index contributed by atoms with van der Waals surface area (Å²) in [6.45, 7) is 17.4. The summed E-state index contributed by atoms with van der Waals surface area (Å²) < 4.78 is 53.7. The Labute approximate surface area is 299 Å². The van der Waals surface area contributed by atoms with Crippen molar-refractivity contribution in [3.05, 3.63) is 47.7 Å². The van der Waals surface area contributed by atoms with E-state index < -0.39 is 31.4 Å². The summed E-state index contributed by atoms with van der Waals surface area (Å²) in [7, 11) is -2.27. The van der Waals surface area contributed by atoms with Crippen molar-refractivity contribution in [2.75, 3.05) is 31.1 Å². The SMILES string of the molecule is CC(C)[Si](C#Cc1c(F)ccc2cc(O)cc(-c3nc(N4CC[C@@H]4C)c4ncc(OC[C@@]56CCCN5C[C@H](F)C6)nc4c3F)c12)(C(C)C)C(C)C. The van der Waals surface area contributed by atoms with E-state index >= 15 is 8.78 Å². The molecule has 0 bridgehead atoms. The molecule has 3 fully saturated rings. The molecule has 2 aromatic carbocycles. The van der Waals surface area contributed by atoms with E-state index in [1.165, 1.54) is 18.3 Å². The van der Waals surface area contributed by atoms with Gasteiger partial charge in [-0.25, -0.2) is 28.1 Å². The van der Waals surface area contributed by atoms with E-state index in [2.05, 4.69) is 79.7 Å². The lowest BCUT2D eigenvalue weighted by Crippen LogP contribution is -2.46. The Balaban J connectivity index is 1.41. The molecule has 4 aromatic rings. The Hall–Kier alpha value is -3.88. The lowest BCUT2D eigenvalue weighted by atomic mass is 9.95. The maximum atomic E-state index is 17.1. The van der Waals surface area contributed by atoms with E-state index in [1.54, 1.807) is 12.1 Å². The van der Waals surface area contributed by atoms with Gasteiger partial charge in [0.05, 0.1) is 17.3 Å². The van der Waals surface area contributed by atoms with Gasteiger partial charge in [0.1, 0.15) is 49.1 Å². The number of pyridine rings is 1. The van der Waals surface area contributed by atoms with Crippen molar-refractivity contribution in [2.45, 2.75) is 109 Å². The van der Waals surface area contributed by atoms with Gasteiger partial charge in [-0.3, -0.25) is 4.90 Å². The van der Waals surface area contributed by atoms with Gasteiger partial charge in [-0.2, -0.15) is 0 Å². The van der Waals surface area contributed by atoms with E-state index in [-0.39, 0.29) is 52.1 Å². The molecule has 3 aliphatic heterocycles. The number of benzene rings is 2. The largest absolute Gasteiger partial charge is 0.508 e. The third-order valence-corrected chi connectivity index (χ3v) is 18.3. The van der Waals surface area contributed by atoms with Gasteiger partial charge in [0.25, 0.3) is 0 Å². The van der Waals surface area contributed by atoms with Crippen LogP contribution in [0.1, 0.15) is 79.7 Å². The maximum absolute atomic E-state index is 17.1. The molecule has 1 N–H and O–H groups in total. The van der Waals surface area contributed by atoms with Crippen molar-refractivity contribution >= 4 is 35.7 Å². The van der Waals surface area contributed by atoms with Crippen molar-refractivity contribution in [1.82, 2.24) is 19.9 Å². The fraction of sp³-hybridized carbons (Fsp3) is 0.525. The Morgan fingerprint density at radius 2 is 1.78 bits per heavy atom. The molecule has 3 atom stereocenters. The number of halogens is 3. The molecule has 51 heavy (non-hydrogen) atoms. The van der Waals surface area contributed by atoms with Crippen LogP contribution >= 0.6 is 0 Å². The van der Waals surface area contributed by atoms with Crippen LogP contribution < -0.4 is 9.64 Å². The zero-order chi connectivity index (χ0) is 36.4. The highest BCUT2D eigenvalue weighted by atomic mass is 28.3. The van der Waals surface area contributed by atoms with Gasteiger partial charge < -0.3 is 14.7 Å². The molecular formula is C40H48F3N5O2Si. The van der Waals surface area contributed by atoms with Crippen molar-refractivity contribution in [3.8, 4) is 34.4 Å². The number of aromatic hydroxyl groups is 1. The van der Waals surface area contributed by atoms with E-state index in [4.69, 9.17) is 9.72 Å². The van der Waals surface area contributed by atoms with E-state index in [1.807, 2.05) is 0 Å². The average Bonchev–Trinajstić information content (AvgIpc) is 3.60. The number of hydrogen-bond acceptors (Lipinski definition) is 7. The molecule has 2 aromatic heterocycles. The van der Waals surface area contributed by atoms with Gasteiger partial charge >= 0.3 is 0 Å². The van der Waals surface area contributed by atoms with Gasteiger partial charge in [-0.05, 0) is 72.9 Å². The fourth-order valence-corrected chi connectivity index (χ4v) is 14.5. The second-order valence-electron chi connectivity index (χ2n) is 15.9. The highest BCUT2D eigenvalue weighted by Crippen LogP contribution is 2.44. The van der Waals surface area contributed by atoms with Crippen LogP contribution in [-0.2, 0) is 0 Å². The highest BCUT2D eigenvalue weighted by molar-refractivity contribution is 6.90. The number of ether oxygens (including phenoxy) is 1. The minimum Gasteiger partial charge on any atom is -0.508 e. The molecule has 5 heterocycles. The van der Waals surface area contributed by atoms with Gasteiger partial charge in [0.15, 0.2) is 11.6 Å². The van der Waals surface area contributed by atoms with Gasteiger partial charge in [-0.15, -0.1) is 5.54 Å². The minimum atomic E-state index is -2.27. The number of fused-ring (bicyclic) bond motifs is 3. The molecular weight excluding hydrogens is 668 g/mol. The number of nitrogens with zero attached hydrogens (tertiary/aromatic N) is 5. The molecule has 0 saturated carbocycles. The van der Waals surface area contributed by atoms with Crippen LogP contribution in [0.2, 0.25) is 16.6 Å². The monoisotopic (exact) mass is 715 g/mol. The molecule has 270 valence electrons. The first-order valence-electron chi connectivity index (χ1n) is 18.4. The number of aromatic nitrogens is 3. The molecule has 7 rings (SSSR count). The van der Waals surface area contributed by atoms with E-state index in [0.717, 1.165) is 25.8 Å². The predicted molar refractivity (Wildman–Crippen MR) is 200 cm³/mol. The number of anilines is 1. The molecule has 0 spiro atoms. The van der Waals surface area contributed by atoms with Crippen LogP contribution in [0.15, 0.2) is 30.5 Å². The maximum Gasteiger partial charge on any atom is 0.233 e. The first-order chi connectivity index (χ1) is 24.3. The normalized spacial score (nSPS) is 22.3. The molecule has 0 unspecified atom stereocenters. The Morgan fingerprint density at radius 3 is 2.45 bits per heavy atom. The minimum absolute atomic E-state index is 0.0338. The van der Waals surface area contributed by atoms with Crippen molar-refractivity contribution in [2.24, 2.45) is 0 Å². The topological polar surface area (TPSA) is 74.6 Å². The molecule has 3 saturated heterocycles. The smallest absolute Gasteiger partial charge is 0.233 e. The average molecular weight is 716 g/mol. The number of phenols is 1. The lowest BCUT2D eigenvalue weighted by molar-refractivity contribution is 0.110. The quantitative estimate of drug-likeness (QED) is 0.144. The lowest BCUT2D eigenvalue weighted by Gasteiger charge is -2.40. The fourth-order valence-electron chi connectivity index (χ4n) is 9.28. The van der Waals surface area contributed by atoms with Crippen LogP contribution in [0, 0.1) is 23.1 Å². The van der Waals surface area contributed by atoms with E-state index in [0.29, 0.717) is 52.7 Å². The zero-order valence-electron chi connectivity index (χ0n) is 30.7.